The minimum atomic E-state index is -0.103. The number of amides is 3. The fourth-order valence-corrected chi connectivity index (χ4v) is 3.20. The number of carbonyl (C=O) groups excluding carboxylic acids is 2. The van der Waals surface area contributed by atoms with Crippen molar-refractivity contribution in [2.45, 2.75) is 6.42 Å². The number of carbonyl (C=O) groups is 2. The average molecular weight is 352 g/mol. The van der Waals surface area contributed by atoms with E-state index in [2.05, 4.69) is 10.3 Å². The molecule has 1 atom stereocenters. The Kier molecular flexibility index (Phi) is 4.53. The minimum absolute atomic E-state index is 0.0513. The molecule has 0 bridgehead atoms. The van der Waals surface area contributed by atoms with Crippen LogP contribution in [0.1, 0.15) is 6.42 Å². The monoisotopic (exact) mass is 352 g/mol. The maximum Gasteiger partial charge on any atom is 0.330 e. The molecule has 0 spiro atoms. The highest BCUT2D eigenvalue weighted by molar-refractivity contribution is 6.05. The number of rotatable bonds is 4. The molecular weight excluding hydrogens is 332 g/mol. The Labute approximate surface area is 151 Å². The van der Waals surface area contributed by atoms with E-state index in [1.54, 1.807) is 28.1 Å². The number of ether oxygens (including phenoxy) is 1. The number of nitrogens with zero attached hydrogens (tertiary/aromatic N) is 3. The third-order valence-corrected chi connectivity index (χ3v) is 4.67. The van der Waals surface area contributed by atoms with Crippen molar-refractivity contribution in [2.24, 2.45) is 5.92 Å². The van der Waals surface area contributed by atoms with E-state index < -0.39 is 0 Å². The van der Waals surface area contributed by atoms with E-state index in [4.69, 9.17) is 4.74 Å². The van der Waals surface area contributed by atoms with E-state index in [-0.39, 0.29) is 17.9 Å². The largest absolute Gasteiger partial charge is 0.381 e. The van der Waals surface area contributed by atoms with Gasteiger partial charge in [0.1, 0.15) is 5.82 Å². The van der Waals surface area contributed by atoms with Crippen LogP contribution >= 0.6 is 0 Å². The SMILES string of the molecule is O=C(Nc1ccc(N2CCN(c3ccccc3)C2=O)nc1)C1CCOC1. The first-order valence-electron chi connectivity index (χ1n) is 8.71. The Bertz CT molecular complexity index is 788. The van der Waals surface area contributed by atoms with Gasteiger partial charge in [0.15, 0.2) is 0 Å². The number of para-hydroxylation sites is 1. The van der Waals surface area contributed by atoms with Gasteiger partial charge in [-0.1, -0.05) is 18.2 Å². The van der Waals surface area contributed by atoms with Crippen molar-refractivity contribution in [2.75, 3.05) is 41.4 Å². The van der Waals surface area contributed by atoms with Gasteiger partial charge >= 0.3 is 6.03 Å². The van der Waals surface area contributed by atoms with Gasteiger partial charge in [0.2, 0.25) is 5.91 Å². The molecule has 4 rings (SSSR count). The Morgan fingerprint density at radius 2 is 1.92 bits per heavy atom. The molecule has 26 heavy (non-hydrogen) atoms. The number of urea groups is 1. The molecule has 134 valence electrons. The molecule has 0 aliphatic carbocycles. The second-order valence-corrected chi connectivity index (χ2v) is 6.38. The number of aromatic nitrogens is 1. The van der Waals surface area contributed by atoms with E-state index in [9.17, 15) is 9.59 Å². The van der Waals surface area contributed by atoms with Gasteiger partial charge in [-0.15, -0.1) is 0 Å². The molecule has 3 heterocycles. The van der Waals surface area contributed by atoms with Crippen LogP contribution in [0.2, 0.25) is 0 Å². The first-order valence-corrected chi connectivity index (χ1v) is 8.71. The zero-order valence-corrected chi connectivity index (χ0v) is 14.3. The number of pyridine rings is 1. The summed E-state index contributed by atoms with van der Waals surface area (Å²) in [6, 6.07) is 13.0. The maximum absolute atomic E-state index is 12.7. The first-order chi connectivity index (χ1) is 12.7. The quantitative estimate of drug-likeness (QED) is 0.917. The third-order valence-electron chi connectivity index (χ3n) is 4.67. The summed E-state index contributed by atoms with van der Waals surface area (Å²) in [6.45, 7) is 2.29. The predicted octanol–water partition coefficient (Wildman–Crippen LogP) is 2.50. The Morgan fingerprint density at radius 3 is 2.62 bits per heavy atom. The summed E-state index contributed by atoms with van der Waals surface area (Å²) in [5.74, 6) is 0.425. The van der Waals surface area contributed by atoms with Crippen LogP contribution in [-0.4, -0.2) is 43.2 Å². The highest BCUT2D eigenvalue weighted by Gasteiger charge is 2.31. The molecule has 1 aromatic heterocycles. The van der Waals surface area contributed by atoms with Crippen LogP contribution in [0.5, 0.6) is 0 Å². The topological polar surface area (TPSA) is 74.8 Å². The summed E-state index contributed by atoms with van der Waals surface area (Å²) in [4.78, 5) is 32.5. The molecule has 1 N–H and O–H groups in total. The Hall–Kier alpha value is -2.93. The number of nitrogens with one attached hydrogen (secondary N) is 1. The zero-order valence-electron chi connectivity index (χ0n) is 14.3. The highest BCUT2D eigenvalue weighted by atomic mass is 16.5. The molecule has 7 heteroatoms. The fraction of sp³-hybridized carbons (Fsp3) is 0.316. The van der Waals surface area contributed by atoms with Crippen molar-refractivity contribution in [3.63, 3.8) is 0 Å². The molecule has 1 aromatic carbocycles. The molecule has 2 saturated heterocycles. The van der Waals surface area contributed by atoms with E-state index in [1.165, 1.54) is 0 Å². The van der Waals surface area contributed by atoms with Crippen molar-refractivity contribution in [3.05, 3.63) is 48.7 Å². The van der Waals surface area contributed by atoms with Crippen LogP contribution in [-0.2, 0) is 9.53 Å². The van der Waals surface area contributed by atoms with Crippen molar-refractivity contribution < 1.29 is 14.3 Å². The summed E-state index contributed by atoms with van der Waals surface area (Å²) in [5.41, 5.74) is 1.50. The van der Waals surface area contributed by atoms with Crippen LogP contribution in [0.4, 0.5) is 22.0 Å². The standard InChI is InChI=1S/C19H20N4O3/c24-18(14-8-11-26-13-14)21-15-6-7-17(20-12-15)23-10-9-22(19(23)25)16-4-2-1-3-5-16/h1-7,12,14H,8-11,13H2,(H,21,24). The number of anilines is 3. The predicted molar refractivity (Wildman–Crippen MR) is 98.3 cm³/mol. The lowest BCUT2D eigenvalue weighted by Crippen LogP contribution is -2.32. The van der Waals surface area contributed by atoms with Gasteiger partial charge in [0, 0.05) is 25.4 Å². The average Bonchev–Trinajstić information content (AvgIpc) is 3.33. The van der Waals surface area contributed by atoms with Gasteiger partial charge in [-0.3, -0.25) is 14.6 Å². The molecular formula is C19H20N4O3. The summed E-state index contributed by atoms with van der Waals surface area (Å²) < 4.78 is 5.24. The van der Waals surface area contributed by atoms with E-state index in [0.717, 1.165) is 12.1 Å². The van der Waals surface area contributed by atoms with Crippen molar-refractivity contribution in [3.8, 4) is 0 Å². The van der Waals surface area contributed by atoms with Gasteiger partial charge in [-0.2, -0.15) is 0 Å². The van der Waals surface area contributed by atoms with Gasteiger partial charge in [-0.25, -0.2) is 9.78 Å². The van der Waals surface area contributed by atoms with Gasteiger partial charge in [0.25, 0.3) is 0 Å². The number of benzene rings is 1. The normalized spacial score (nSPS) is 19.8. The van der Waals surface area contributed by atoms with E-state index in [1.807, 2.05) is 30.3 Å². The number of hydrogen-bond acceptors (Lipinski definition) is 4. The van der Waals surface area contributed by atoms with E-state index >= 15 is 0 Å². The van der Waals surface area contributed by atoms with Crippen LogP contribution in [0.3, 0.4) is 0 Å². The molecule has 0 radical (unpaired) electrons. The van der Waals surface area contributed by atoms with Crippen LogP contribution in [0, 0.1) is 5.92 Å². The Morgan fingerprint density at radius 1 is 1.12 bits per heavy atom. The fourth-order valence-electron chi connectivity index (χ4n) is 3.20. The van der Waals surface area contributed by atoms with Crippen molar-refractivity contribution in [1.82, 2.24) is 4.98 Å². The molecule has 0 saturated carbocycles. The summed E-state index contributed by atoms with van der Waals surface area (Å²) in [5, 5.41) is 2.85. The maximum atomic E-state index is 12.7. The lowest BCUT2D eigenvalue weighted by atomic mass is 10.1. The van der Waals surface area contributed by atoms with Gasteiger partial charge in [0.05, 0.1) is 24.4 Å². The van der Waals surface area contributed by atoms with Gasteiger partial charge < -0.3 is 10.1 Å². The zero-order chi connectivity index (χ0) is 17.9. The lowest BCUT2D eigenvalue weighted by molar-refractivity contribution is -0.119. The molecule has 7 nitrogen and oxygen atoms in total. The minimum Gasteiger partial charge on any atom is -0.381 e. The lowest BCUT2D eigenvalue weighted by Gasteiger charge is -2.18. The first kappa shape index (κ1) is 16.5. The second-order valence-electron chi connectivity index (χ2n) is 6.38. The molecule has 1 unspecified atom stereocenters. The highest BCUT2D eigenvalue weighted by Crippen LogP contribution is 2.24. The van der Waals surface area contributed by atoms with Crippen molar-refractivity contribution in [1.29, 1.82) is 0 Å². The smallest absolute Gasteiger partial charge is 0.330 e. The molecule has 2 aliphatic heterocycles. The Balaban J connectivity index is 1.42. The second kappa shape index (κ2) is 7.13. The van der Waals surface area contributed by atoms with Gasteiger partial charge in [-0.05, 0) is 30.7 Å². The molecule has 3 amide bonds. The van der Waals surface area contributed by atoms with Crippen molar-refractivity contribution >= 4 is 29.1 Å². The third kappa shape index (κ3) is 3.25. The molecule has 2 aliphatic rings. The summed E-state index contributed by atoms with van der Waals surface area (Å²) >= 11 is 0. The van der Waals surface area contributed by atoms with Crippen LogP contribution in [0.25, 0.3) is 0 Å². The molecule has 2 aromatic rings. The van der Waals surface area contributed by atoms with Crippen LogP contribution in [0.15, 0.2) is 48.7 Å². The summed E-state index contributed by atoms with van der Waals surface area (Å²) in [7, 11) is 0. The van der Waals surface area contributed by atoms with E-state index in [0.29, 0.717) is 37.8 Å². The number of hydrogen-bond donors (Lipinski definition) is 1. The van der Waals surface area contributed by atoms with Crippen LogP contribution < -0.4 is 15.1 Å². The summed E-state index contributed by atoms with van der Waals surface area (Å²) in [6.07, 6.45) is 2.33. The molecule has 2 fully saturated rings.